The fraction of sp³-hybridized carbons (Fsp3) is 0.647. The van der Waals surface area contributed by atoms with E-state index in [0.717, 1.165) is 24.2 Å². The minimum atomic E-state index is -0.285. The minimum absolute atomic E-state index is 0.168. The molecule has 0 aliphatic carbocycles. The third-order valence-corrected chi connectivity index (χ3v) is 3.91. The Hall–Kier alpha value is -1.06. The maximum absolute atomic E-state index is 10.2. The summed E-state index contributed by atoms with van der Waals surface area (Å²) in [6, 6.07) is 8.25. The van der Waals surface area contributed by atoms with Crippen molar-refractivity contribution in [2.24, 2.45) is 5.92 Å². The average Bonchev–Trinajstić information content (AvgIpc) is 2.47. The molecule has 1 aromatic carbocycles. The first kappa shape index (κ1) is 17.0. The van der Waals surface area contributed by atoms with Crippen LogP contribution >= 0.6 is 0 Å². The molecule has 0 heterocycles. The molecule has 2 atom stereocenters. The van der Waals surface area contributed by atoms with Crippen LogP contribution in [0.4, 0.5) is 0 Å². The van der Waals surface area contributed by atoms with Gasteiger partial charge >= 0.3 is 0 Å². The van der Waals surface area contributed by atoms with Crippen molar-refractivity contribution in [2.75, 3.05) is 13.2 Å². The van der Waals surface area contributed by atoms with Crippen LogP contribution in [0, 0.1) is 5.92 Å². The number of para-hydroxylation sites is 1. The second-order valence-corrected chi connectivity index (χ2v) is 5.24. The van der Waals surface area contributed by atoms with Crippen LogP contribution in [-0.2, 0) is 0 Å². The maximum Gasteiger partial charge on any atom is 0.124 e. The molecule has 0 bridgehead atoms. The van der Waals surface area contributed by atoms with Gasteiger partial charge in [-0.15, -0.1) is 0 Å². The first-order chi connectivity index (χ1) is 9.63. The number of rotatable bonds is 9. The Morgan fingerprint density at radius 3 is 2.40 bits per heavy atom. The van der Waals surface area contributed by atoms with E-state index in [9.17, 15) is 5.11 Å². The van der Waals surface area contributed by atoms with Gasteiger partial charge in [0.2, 0.25) is 0 Å². The SMILES string of the molecule is CCOc1ccccc1C(C)NCC(O)C(CC)CC. The van der Waals surface area contributed by atoms with Gasteiger partial charge in [0, 0.05) is 18.2 Å². The first-order valence-corrected chi connectivity index (χ1v) is 7.77. The number of aliphatic hydroxyl groups is 1. The number of aliphatic hydroxyl groups excluding tert-OH is 1. The Balaban J connectivity index is 2.60. The zero-order valence-corrected chi connectivity index (χ0v) is 13.2. The zero-order chi connectivity index (χ0) is 15.0. The van der Waals surface area contributed by atoms with Crippen molar-refractivity contribution in [3.63, 3.8) is 0 Å². The van der Waals surface area contributed by atoms with E-state index in [4.69, 9.17) is 4.74 Å². The van der Waals surface area contributed by atoms with Gasteiger partial charge in [-0.25, -0.2) is 0 Å². The van der Waals surface area contributed by atoms with Crippen molar-refractivity contribution < 1.29 is 9.84 Å². The van der Waals surface area contributed by atoms with Crippen LogP contribution in [0.15, 0.2) is 24.3 Å². The fourth-order valence-electron chi connectivity index (χ4n) is 2.53. The largest absolute Gasteiger partial charge is 0.494 e. The van der Waals surface area contributed by atoms with Gasteiger partial charge in [-0.2, -0.15) is 0 Å². The van der Waals surface area contributed by atoms with Crippen molar-refractivity contribution in [1.82, 2.24) is 5.32 Å². The normalized spacial score (nSPS) is 14.3. The molecule has 20 heavy (non-hydrogen) atoms. The number of hydrogen-bond donors (Lipinski definition) is 2. The topological polar surface area (TPSA) is 41.5 Å². The lowest BCUT2D eigenvalue weighted by Gasteiger charge is -2.24. The van der Waals surface area contributed by atoms with Gasteiger partial charge in [-0.1, -0.05) is 44.9 Å². The van der Waals surface area contributed by atoms with E-state index in [1.807, 2.05) is 25.1 Å². The molecule has 0 aromatic heterocycles. The molecule has 0 radical (unpaired) electrons. The smallest absolute Gasteiger partial charge is 0.124 e. The lowest BCUT2D eigenvalue weighted by Crippen LogP contribution is -2.34. The minimum Gasteiger partial charge on any atom is -0.494 e. The molecule has 1 aromatic rings. The summed E-state index contributed by atoms with van der Waals surface area (Å²) in [7, 11) is 0. The van der Waals surface area contributed by atoms with Crippen LogP contribution in [0.5, 0.6) is 5.75 Å². The van der Waals surface area contributed by atoms with Crippen LogP contribution in [0.25, 0.3) is 0 Å². The van der Waals surface area contributed by atoms with Crippen LogP contribution < -0.4 is 10.1 Å². The number of hydrogen-bond acceptors (Lipinski definition) is 3. The average molecular weight is 279 g/mol. The predicted octanol–water partition coefficient (Wildman–Crippen LogP) is 3.53. The number of nitrogens with one attached hydrogen (secondary N) is 1. The summed E-state index contributed by atoms with van der Waals surface area (Å²) in [6.07, 6.45) is 1.75. The lowest BCUT2D eigenvalue weighted by atomic mass is 9.96. The van der Waals surface area contributed by atoms with Gasteiger partial charge in [0.25, 0.3) is 0 Å². The Labute approximate surface area is 123 Å². The van der Waals surface area contributed by atoms with E-state index in [2.05, 4.69) is 32.2 Å². The first-order valence-electron chi connectivity index (χ1n) is 7.77. The molecule has 0 saturated carbocycles. The highest BCUT2D eigenvalue weighted by atomic mass is 16.5. The van der Waals surface area contributed by atoms with E-state index in [0.29, 0.717) is 19.1 Å². The van der Waals surface area contributed by atoms with Crippen molar-refractivity contribution in [1.29, 1.82) is 0 Å². The molecule has 3 nitrogen and oxygen atoms in total. The van der Waals surface area contributed by atoms with Crippen LogP contribution in [-0.4, -0.2) is 24.4 Å². The molecule has 1 rings (SSSR count). The summed E-state index contributed by atoms with van der Waals surface area (Å²) in [4.78, 5) is 0. The molecule has 3 heteroatoms. The Morgan fingerprint density at radius 2 is 1.80 bits per heavy atom. The number of benzene rings is 1. The number of ether oxygens (including phenoxy) is 1. The van der Waals surface area contributed by atoms with Gasteiger partial charge < -0.3 is 15.2 Å². The van der Waals surface area contributed by atoms with Crippen LogP contribution in [0.2, 0.25) is 0 Å². The Morgan fingerprint density at radius 1 is 1.15 bits per heavy atom. The highest BCUT2D eigenvalue weighted by Crippen LogP contribution is 2.25. The summed E-state index contributed by atoms with van der Waals surface area (Å²) in [5, 5.41) is 13.6. The van der Waals surface area contributed by atoms with E-state index in [1.165, 1.54) is 0 Å². The molecule has 0 aliphatic heterocycles. The van der Waals surface area contributed by atoms with E-state index in [1.54, 1.807) is 0 Å². The molecule has 0 fully saturated rings. The monoisotopic (exact) mass is 279 g/mol. The standard InChI is InChI=1S/C17H29NO2/c1-5-14(6-2)16(19)12-18-13(4)15-10-8-9-11-17(15)20-7-3/h8-11,13-14,16,18-19H,5-7,12H2,1-4H3. The molecule has 2 N–H and O–H groups in total. The predicted molar refractivity (Wildman–Crippen MR) is 84.1 cm³/mol. The lowest BCUT2D eigenvalue weighted by molar-refractivity contribution is 0.0987. The van der Waals surface area contributed by atoms with Gasteiger partial charge in [-0.05, 0) is 25.8 Å². The van der Waals surface area contributed by atoms with Gasteiger partial charge in [0.05, 0.1) is 12.7 Å². The van der Waals surface area contributed by atoms with Crippen LogP contribution in [0.1, 0.15) is 52.1 Å². The van der Waals surface area contributed by atoms with Crippen LogP contribution in [0.3, 0.4) is 0 Å². The zero-order valence-electron chi connectivity index (χ0n) is 13.2. The fourth-order valence-corrected chi connectivity index (χ4v) is 2.53. The summed E-state index contributed by atoms with van der Waals surface area (Å²) in [5.74, 6) is 1.30. The maximum atomic E-state index is 10.2. The molecule has 0 saturated heterocycles. The van der Waals surface area contributed by atoms with E-state index in [-0.39, 0.29) is 12.1 Å². The summed E-state index contributed by atoms with van der Waals surface area (Å²) in [5.41, 5.74) is 1.14. The summed E-state index contributed by atoms with van der Waals surface area (Å²) < 4.78 is 5.65. The highest BCUT2D eigenvalue weighted by Gasteiger charge is 2.17. The van der Waals surface area contributed by atoms with Gasteiger partial charge in [0.1, 0.15) is 5.75 Å². The van der Waals surface area contributed by atoms with Crippen molar-refractivity contribution in [2.45, 2.75) is 52.7 Å². The second-order valence-electron chi connectivity index (χ2n) is 5.24. The molecule has 0 aliphatic rings. The molecule has 2 unspecified atom stereocenters. The van der Waals surface area contributed by atoms with Crippen molar-refractivity contribution in [3.8, 4) is 5.75 Å². The van der Waals surface area contributed by atoms with E-state index < -0.39 is 0 Å². The van der Waals surface area contributed by atoms with E-state index >= 15 is 0 Å². The van der Waals surface area contributed by atoms with Gasteiger partial charge in [-0.3, -0.25) is 0 Å². The summed E-state index contributed by atoms with van der Waals surface area (Å²) in [6.45, 7) is 9.65. The van der Waals surface area contributed by atoms with Crippen molar-refractivity contribution >= 4 is 0 Å². The Bertz CT molecular complexity index is 377. The highest BCUT2D eigenvalue weighted by molar-refractivity contribution is 5.35. The van der Waals surface area contributed by atoms with Gasteiger partial charge in [0.15, 0.2) is 0 Å². The molecule has 0 spiro atoms. The molecular weight excluding hydrogens is 250 g/mol. The second kappa shape index (κ2) is 8.98. The molecular formula is C17H29NO2. The third kappa shape index (κ3) is 4.80. The molecule has 114 valence electrons. The molecule has 0 amide bonds. The van der Waals surface area contributed by atoms with Crippen molar-refractivity contribution in [3.05, 3.63) is 29.8 Å². The summed E-state index contributed by atoms with van der Waals surface area (Å²) >= 11 is 0. The third-order valence-electron chi connectivity index (χ3n) is 3.91. The quantitative estimate of drug-likeness (QED) is 0.726. The Kier molecular flexibility index (Phi) is 7.63.